The lowest BCUT2D eigenvalue weighted by molar-refractivity contribution is 0.231. The van der Waals surface area contributed by atoms with Crippen molar-refractivity contribution in [2.45, 2.75) is 24.8 Å². The molecule has 5 heteroatoms. The third kappa shape index (κ3) is 2.78. The summed E-state index contributed by atoms with van der Waals surface area (Å²) < 4.78 is 37.6. The zero-order valence-corrected chi connectivity index (χ0v) is 8.68. The van der Waals surface area contributed by atoms with Crippen molar-refractivity contribution < 1.29 is 17.9 Å². The zero-order chi connectivity index (χ0) is 10.7. The number of hydrogen-bond acceptors (Lipinski definition) is 2. The normalized spacial score (nSPS) is 12.9. The molecule has 0 aromatic heterocycles. The average Bonchev–Trinajstić information content (AvgIpc) is 2.07. The highest BCUT2D eigenvalue weighted by Gasteiger charge is 2.08. The number of rotatable bonds is 3. The van der Waals surface area contributed by atoms with Gasteiger partial charge in [0.05, 0.1) is 11.0 Å². The molecule has 0 aliphatic rings. The summed E-state index contributed by atoms with van der Waals surface area (Å²) >= 11 is -2.16. The van der Waals surface area contributed by atoms with Crippen LogP contribution in [0.5, 0.6) is 5.75 Å². The van der Waals surface area contributed by atoms with E-state index in [1.807, 2.05) is 0 Å². The maximum Gasteiger partial charge on any atom is 0.186 e. The molecular weight excluding hydrogens is 207 g/mol. The first-order valence-corrected chi connectivity index (χ1v) is 5.18. The number of ether oxygens (including phenoxy) is 1. The van der Waals surface area contributed by atoms with Gasteiger partial charge >= 0.3 is 0 Å². The van der Waals surface area contributed by atoms with E-state index >= 15 is 0 Å². The van der Waals surface area contributed by atoms with Crippen molar-refractivity contribution in [2.24, 2.45) is 0 Å². The van der Waals surface area contributed by atoms with E-state index in [9.17, 15) is 8.60 Å². The molecule has 0 saturated carbocycles. The van der Waals surface area contributed by atoms with Crippen LogP contribution < -0.4 is 4.74 Å². The molecule has 0 spiro atoms. The van der Waals surface area contributed by atoms with Crippen molar-refractivity contribution in [2.75, 3.05) is 0 Å². The smallest absolute Gasteiger partial charge is 0.186 e. The van der Waals surface area contributed by atoms with Gasteiger partial charge in [0.2, 0.25) is 0 Å². The fraction of sp³-hybridized carbons (Fsp3) is 0.333. The van der Waals surface area contributed by atoms with Gasteiger partial charge in [0.1, 0.15) is 0 Å². The standard InChI is InChI=1S/C9H11FO3S/c1-6(2)13-9-4-3-7(14(11)12)5-8(9)10/h3-6H,1-2H3,(H,11,12). The Bertz CT molecular complexity index is 352. The Morgan fingerprint density at radius 3 is 2.57 bits per heavy atom. The third-order valence-corrected chi connectivity index (χ3v) is 2.12. The first-order valence-electron chi connectivity index (χ1n) is 4.07. The van der Waals surface area contributed by atoms with Gasteiger partial charge in [-0.05, 0) is 32.0 Å². The van der Waals surface area contributed by atoms with Crippen molar-refractivity contribution in [3.8, 4) is 5.75 Å². The van der Waals surface area contributed by atoms with Crippen LogP contribution >= 0.6 is 0 Å². The van der Waals surface area contributed by atoms with E-state index in [0.29, 0.717) is 0 Å². The van der Waals surface area contributed by atoms with Crippen molar-refractivity contribution in [1.29, 1.82) is 0 Å². The molecular formula is C9H11FO3S. The van der Waals surface area contributed by atoms with Crippen LogP contribution in [-0.4, -0.2) is 14.9 Å². The predicted octanol–water partition coefficient (Wildman–Crippen LogP) is 2.19. The maximum absolute atomic E-state index is 13.2. The van der Waals surface area contributed by atoms with Gasteiger partial charge in [-0.15, -0.1) is 0 Å². The van der Waals surface area contributed by atoms with Crippen molar-refractivity contribution in [3.63, 3.8) is 0 Å². The molecule has 0 heterocycles. The molecule has 1 unspecified atom stereocenters. The molecule has 0 saturated heterocycles. The summed E-state index contributed by atoms with van der Waals surface area (Å²) in [5.74, 6) is -0.534. The molecule has 3 nitrogen and oxygen atoms in total. The van der Waals surface area contributed by atoms with Crippen molar-refractivity contribution in [1.82, 2.24) is 0 Å². The largest absolute Gasteiger partial charge is 0.488 e. The van der Waals surface area contributed by atoms with E-state index in [1.165, 1.54) is 12.1 Å². The molecule has 1 aromatic carbocycles. The monoisotopic (exact) mass is 218 g/mol. The first kappa shape index (κ1) is 11.1. The number of benzene rings is 1. The van der Waals surface area contributed by atoms with Crippen LogP contribution in [0.2, 0.25) is 0 Å². The minimum atomic E-state index is -2.16. The van der Waals surface area contributed by atoms with Gasteiger partial charge in [-0.1, -0.05) is 0 Å². The Balaban J connectivity index is 2.95. The molecule has 78 valence electrons. The molecule has 1 atom stereocenters. The van der Waals surface area contributed by atoms with Crippen LogP contribution in [0.1, 0.15) is 13.8 Å². The molecule has 14 heavy (non-hydrogen) atoms. The quantitative estimate of drug-likeness (QED) is 0.791. The second-order valence-corrected chi connectivity index (χ2v) is 3.98. The van der Waals surface area contributed by atoms with E-state index in [2.05, 4.69) is 0 Å². The minimum absolute atomic E-state index is 0.0265. The summed E-state index contributed by atoms with van der Waals surface area (Å²) in [5, 5.41) is 0. The lowest BCUT2D eigenvalue weighted by Gasteiger charge is -2.10. The number of halogens is 1. The lowest BCUT2D eigenvalue weighted by atomic mass is 10.3. The molecule has 0 radical (unpaired) electrons. The summed E-state index contributed by atoms with van der Waals surface area (Å²) in [5.41, 5.74) is 0. The van der Waals surface area contributed by atoms with E-state index in [1.54, 1.807) is 13.8 Å². The van der Waals surface area contributed by atoms with Crippen LogP contribution in [-0.2, 0) is 11.1 Å². The summed E-state index contributed by atoms with van der Waals surface area (Å²) in [6.45, 7) is 3.55. The summed E-state index contributed by atoms with van der Waals surface area (Å²) in [6.07, 6.45) is -0.130. The predicted molar refractivity (Wildman–Crippen MR) is 51.2 cm³/mol. The Morgan fingerprint density at radius 2 is 2.14 bits per heavy atom. The molecule has 0 bridgehead atoms. The van der Waals surface area contributed by atoms with Crippen LogP contribution in [0.3, 0.4) is 0 Å². The van der Waals surface area contributed by atoms with Gasteiger partial charge < -0.3 is 9.29 Å². The van der Waals surface area contributed by atoms with Gasteiger partial charge in [-0.2, -0.15) is 0 Å². The Hall–Kier alpha value is -0.940. The molecule has 0 aliphatic carbocycles. The summed E-state index contributed by atoms with van der Waals surface area (Å²) in [6, 6.07) is 3.70. The van der Waals surface area contributed by atoms with Gasteiger partial charge in [0.15, 0.2) is 22.6 Å². The van der Waals surface area contributed by atoms with Gasteiger partial charge in [-0.3, -0.25) is 0 Å². The van der Waals surface area contributed by atoms with Gasteiger partial charge in [0.25, 0.3) is 0 Å². The van der Waals surface area contributed by atoms with Crippen molar-refractivity contribution in [3.05, 3.63) is 24.0 Å². The zero-order valence-electron chi connectivity index (χ0n) is 7.86. The topological polar surface area (TPSA) is 46.5 Å². The number of hydrogen-bond donors (Lipinski definition) is 1. The van der Waals surface area contributed by atoms with Crippen LogP contribution in [0.15, 0.2) is 23.1 Å². The molecule has 1 aromatic rings. The van der Waals surface area contributed by atoms with E-state index in [0.717, 1.165) is 6.07 Å². The van der Waals surface area contributed by atoms with E-state index < -0.39 is 16.9 Å². The highest BCUT2D eigenvalue weighted by molar-refractivity contribution is 7.79. The highest BCUT2D eigenvalue weighted by Crippen LogP contribution is 2.20. The first-order chi connectivity index (χ1) is 6.50. The Labute approximate surface area is 84.2 Å². The minimum Gasteiger partial charge on any atom is -0.488 e. The second kappa shape index (κ2) is 4.52. The maximum atomic E-state index is 13.2. The second-order valence-electron chi connectivity index (χ2n) is 3.01. The van der Waals surface area contributed by atoms with Gasteiger partial charge in [-0.25, -0.2) is 8.60 Å². The van der Waals surface area contributed by atoms with Crippen LogP contribution in [0.4, 0.5) is 4.39 Å². The van der Waals surface area contributed by atoms with Crippen LogP contribution in [0, 0.1) is 5.82 Å². The van der Waals surface area contributed by atoms with E-state index in [4.69, 9.17) is 9.29 Å². The molecule has 1 rings (SSSR count). The average molecular weight is 218 g/mol. The summed E-state index contributed by atoms with van der Waals surface area (Å²) in [7, 11) is 0. The summed E-state index contributed by atoms with van der Waals surface area (Å²) in [4.78, 5) is 0.0265. The fourth-order valence-electron chi connectivity index (χ4n) is 0.940. The molecule has 0 fully saturated rings. The third-order valence-electron chi connectivity index (χ3n) is 1.47. The van der Waals surface area contributed by atoms with Crippen molar-refractivity contribution >= 4 is 11.1 Å². The fourth-order valence-corrected chi connectivity index (χ4v) is 1.33. The molecule has 1 N–H and O–H groups in total. The van der Waals surface area contributed by atoms with E-state index in [-0.39, 0.29) is 16.7 Å². The van der Waals surface area contributed by atoms with Crippen LogP contribution in [0.25, 0.3) is 0 Å². The molecule has 0 aliphatic heterocycles. The highest BCUT2D eigenvalue weighted by atomic mass is 32.2. The Morgan fingerprint density at radius 1 is 1.50 bits per heavy atom. The van der Waals surface area contributed by atoms with Gasteiger partial charge in [0, 0.05) is 0 Å². The Kier molecular flexibility index (Phi) is 3.60. The SMILES string of the molecule is CC(C)Oc1ccc(S(=O)O)cc1F. The molecule has 0 amide bonds. The lowest BCUT2D eigenvalue weighted by Crippen LogP contribution is -2.07.